The van der Waals surface area contributed by atoms with Gasteiger partial charge in [0.05, 0.1) is 7.11 Å². The molecule has 0 saturated heterocycles. The largest absolute Gasteiger partial charge is 0.496 e. The van der Waals surface area contributed by atoms with E-state index in [-0.39, 0.29) is 5.92 Å². The Kier molecular flexibility index (Phi) is 7.41. The van der Waals surface area contributed by atoms with Crippen LogP contribution in [0.2, 0.25) is 0 Å². The number of nitrogens with one attached hydrogen (secondary N) is 1. The van der Waals surface area contributed by atoms with Crippen molar-refractivity contribution in [1.82, 2.24) is 5.32 Å². The van der Waals surface area contributed by atoms with Gasteiger partial charge in [0.15, 0.2) is 0 Å². The van der Waals surface area contributed by atoms with Gasteiger partial charge < -0.3 is 19.5 Å². The van der Waals surface area contributed by atoms with Crippen LogP contribution in [0.4, 0.5) is 9.18 Å². The smallest absolute Gasteiger partial charge is 0.408 e. The van der Waals surface area contributed by atoms with Crippen molar-refractivity contribution in [2.45, 2.75) is 65.2 Å². The molecule has 0 spiro atoms. The van der Waals surface area contributed by atoms with Crippen molar-refractivity contribution in [2.24, 2.45) is 0 Å². The van der Waals surface area contributed by atoms with E-state index in [9.17, 15) is 14.0 Å². The maximum atomic E-state index is 13.3. The fraction of sp³-hybridized carbons (Fsp3) is 0.579. The second-order valence-corrected chi connectivity index (χ2v) is 7.18. The van der Waals surface area contributed by atoms with Crippen molar-refractivity contribution in [3.05, 3.63) is 29.6 Å². The molecule has 1 aromatic rings. The van der Waals surface area contributed by atoms with Crippen LogP contribution >= 0.6 is 0 Å². The summed E-state index contributed by atoms with van der Waals surface area (Å²) in [5.41, 5.74) is 0.0659. The molecule has 0 aromatic heterocycles. The molecule has 0 radical (unpaired) electrons. The fourth-order valence-corrected chi connectivity index (χ4v) is 2.24. The Morgan fingerprint density at radius 3 is 2.31 bits per heavy atom. The molecule has 26 heavy (non-hydrogen) atoms. The van der Waals surface area contributed by atoms with Crippen LogP contribution in [0.15, 0.2) is 18.2 Å². The molecular weight excluding hydrogens is 341 g/mol. The Balaban J connectivity index is 2.70. The van der Waals surface area contributed by atoms with Crippen LogP contribution in [0.5, 0.6) is 5.75 Å². The monoisotopic (exact) mass is 369 g/mol. The highest BCUT2D eigenvalue weighted by atomic mass is 19.1. The zero-order valence-electron chi connectivity index (χ0n) is 16.4. The van der Waals surface area contributed by atoms with E-state index >= 15 is 0 Å². The molecule has 1 amide bonds. The molecule has 0 aliphatic carbocycles. The normalized spacial score (nSPS) is 14.8. The second kappa shape index (κ2) is 8.87. The topological polar surface area (TPSA) is 73.9 Å². The number of halogens is 1. The van der Waals surface area contributed by atoms with Gasteiger partial charge in [0.2, 0.25) is 0 Å². The van der Waals surface area contributed by atoms with Crippen LogP contribution in [0, 0.1) is 5.82 Å². The summed E-state index contributed by atoms with van der Waals surface area (Å²) in [6, 6.07) is 3.35. The third-order valence-corrected chi connectivity index (χ3v) is 3.78. The van der Waals surface area contributed by atoms with Crippen molar-refractivity contribution in [2.75, 3.05) is 7.11 Å². The number of alkyl carbamates (subject to hydrolysis) is 1. The Labute approximate surface area is 154 Å². The number of hydrogen-bond acceptors (Lipinski definition) is 5. The first-order chi connectivity index (χ1) is 11.9. The van der Waals surface area contributed by atoms with E-state index in [4.69, 9.17) is 14.2 Å². The van der Waals surface area contributed by atoms with E-state index < -0.39 is 35.6 Å². The Hall–Kier alpha value is -2.31. The SMILES string of the molecule is COc1cc(F)ccc1[C@@H](C)[C@@H](C)OC(=O)[C@H](C)NC(=O)OC(C)(C)C. The highest BCUT2D eigenvalue weighted by molar-refractivity contribution is 5.81. The zero-order chi connectivity index (χ0) is 20.1. The lowest BCUT2D eigenvalue weighted by Crippen LogP contribution is -2.43. The maximum Gasteiger partial charge on any atom is 0.408 e. The molecule has 0 bridgehead atoms. The molecule has 146 valence electrons. The summed E-state index contributed by atoms with van der Waals surface area (Å²) in [6.45, 7) is 10.3. The van der Waals surface area contributed by atoms with Crippen molar-refractivity contribution in [3.8, 4) is 5.75 Å². The van der Waals surface area contributed by atoms with Crippen LogP contribution in [-0.2, 0) is 14.3 Å². The van der Waals surface area contributed by atoms with Gasteiger partial charge in [0, 0.05) is 17.5 Å². The molecule has 6 nitrogen and oxygen atoms in total. The quantitative estimate of drug-likeness (QED) is 0.773. The van der Waals surface area contributed by atoms with E-state index in [2.05, 4.69) is 5.32 Å². The maximum absolute atomic E-state index is 13.3. The number of rotatable bonds is 6. The van der Waals surface area contributed by atoms with Crippen LogP contribution in [0.3, 0.4) is 0 Å². The van der Waals surface area contributed by atoms with Crippen LogP contribution in [0.25, 0.3) is 0 Å². The Bertz CT molecular complexity index is 641. The van der Waals surface area contributed by atoms with Crippen molar-refractivity contribution >= 4 is 12.1 Å². The second-order valence-electron chi connectivity index (χ2n) is 7.18. The van der Waals surface area contributed by atoms with Crippen molar-refractivity contribution in [1.29, 1.82) is 0 Å². The van der Waals surface area contributed by atoms with Gasteiger partial charge in [-0.05, 0) is 40.7 Å². The van der Waals surface area contributed by atoms with Crippen LogP contribution in [-0.4, -0.2) is 36.9 Å². The van der Waals surface area contributed by atoms with Gasteiger partial charge in [-0.15, -0.1) is 0 Å². The average molecular weight is 369 g/mol. The molecule has 0 unspecified atom stereocenters. The summed E-state index contributed by atoms with van der Waals surface area (Å²) in [5.74, 6) is -0.836. The van der Waals surface area contributed by atoms with Gasteiger partial charge in [-0.3, -0.25) is 0 Å². The molecule has 1 N–H and O–H groups in total. The zero-order valence-corrected chi connectivity index (χ0v) is 16.4. The summed E-state index contributed by atoms with van der Waals surface area (Å²) in [4.78, 5) is 24.0. The molecular formula is C19H28FNO5. The van der Waals surface area contributed by atoms with E-state index in [0.29, 0.717) is 5.75 Å². The molecule has 0 saturated carbocycles. The van der Waals surface area contributed by atoms with Gasteiger partial charge in [0.1, 0.15) is 29.3 Å². The average Bonchev–Trinajstić information content (AvgIpc) is 2.51. The highest BCUT2D eigenvalue weighted by Crippen LogP contribution is 2.30. The minimum Gasteiger partial charge on any atom is -0.496 e. The van der Waals surface area contributed by atoms with E-state index in [1.807, 2.05) is 6.92 Å². The molecule has 3 atom stereocenters. The van der Waals surface area contributed by atoms with Gasteiger partial charge in [-0.2, -0.15) is 0 Å². The van der Waals surface area contributed by atoms with Crippen LogP contribution < -0.4 is 10.1 Å². The van der Waals surface area contributed by atoms with Gasteiger partial charge in [-0.1, -0.05) is 13.0 Å². The summed E-state index contributed by atoms with van der Waals surface area (Å²) >= 11 is 0. The first-order valence-electron chi connectivity index (χ1n) is 8.48. The number of methoxy groups -OCH3 is 1. The number of carbonyl (C=O) groups excluding carboxylic acids is 2. The van der Waals surface area contributed by atoms with Gasteiger partial charge >= 0.3 is 12.1 Å². The number of amides is 1. The first-order valence-corrected chi connectivity index (χ1v) is 8.48. The summed E-state index contributed by atoms with van der Waals surface area (Å²) in [5, 5.41) is 2.44. The minimum atomic E-state index is -0.866. The van der Waals surface area contributed by atoms with Gasteiger partial charge in [-0.25, -0.2) is 14.0 Å². The highest BCUT2D eigenvalue weighted by Gasteiger charge is 2.26. The summed E-state index contributed by atoms with van der Waals surface area (Å²) < 4.78 is 29.1. The Morgan fingerprint density at radius 2 is 1.77 bits per heavy atom. The predicted molar refractivity (Wildman–Crippen MR) is 95.8 cm³/mol. The Morgan fingerprint density at radius 1 is 1.15 bits per heavy atom. The molecule has 1 aromatic carbocycles. The molecule has 0 aliphatic heterocycles. The first kappa shape index (κ1) is 21.7. The van der Waals surface area contributed by atoms with E-state index in [0.717, 1.165) is 5.56 Å². The number of carbonyl (C=O) groups is 2. The number of ether oxygens (including phenoxy) is 3. The van der Waals surface area contributed by atoms with Gasteiger partial charge in [0.25, 0.3) is 0 Å². The molecule has 0 heterocycles. The van der Waals surface area contributed by atoms with E-state index in [1.54, 1.807) is 33.8 Å². The lowest BCUT2D eigenvalue weighted by molar-refractivity contribution is -0.151. The fourth-order valence-electron chi connectivity index (χ4n) is 2.24. The van der Waals surface area contributed by atoms with Crippen molar-refractivity contribution in [3.63, 3.8) is 0 Å². The third kappa shape index (κ3) is 6.54. The molecule has 0 fully saturated rings. The molecule has 1 rings (SSSR count). The standard InChI is InChI=1S/C19H28FNO5/c1-11(15-9-8-14(20)10-16(15)24-7)13(3)25-17(22)12(2)21-18(23)26-19(4,5)6/h8-13H,1-7H3,(H,21,23)/t11-,12-,13+/m0/s1. The number of benzene rings is 1. The number of esters is 1. The molecule has 7 heteroatoms. The van der Waals surface area contributed by atoms with E-state index in [1.165, 1.54) is 26.2 Å². The van der Waals surface area contributed by atoms with Crippen molar-refractivity contribution < 1.29 is 28.2 Å². The summed E-state index contributed by atoms with van der Waals surface area (Å²) in [6.07, 6.45) is -1.20. The molecule has 0 aliphatic rings. The lowest BCUT2D eigenvalue weighted by atomic mass is 9.95. The minimum absolute atomic E-state index is 0.233. The van der Waals surface area contributed by atoms with Crippen LogP contribution in [0.1, 0.15) is 53.0 Å². The third-order valence-electron chi connectivity index (χ3n) is 3.78. The summed E-state index contributed by atoms with van der Waals surface area (Å²) in [7, 11) is 1.45. The predicted octanol–water partition coefficient (Wildman–Crippen LogP) is 3.78. The lowest BCUT2D eigenvalue weighted by Gasteiger charge is -2.25. The number of hydrogen-bond donors (Lipinski definition) is 1.